The molecule has 1 rings (SSSR count). The van der Waals surface area contributed by atoms with E-state index in [1.54, 1.807) is 19.1 Å². The van der Waals surface area contributed by atoms with E-state index in [0.29, 0.717) is 16.7 Å². The third-order valence-corrected chi connectivity index (χ3v) is 3.99. The summed E-state index contributed by atoms with van der Waals surface area (Å²) >= 11 is 0. The Balaban J connectivity index is 3.73. The van der Waals surface area contributed by atoms with E-state index in [-0.39, 0.29) is 28.8 Å². The van der Waals surface area contributed by atoms with E-state index in [0.717, 1.165) is 0 Å². The number of benzene rings is 1. The van der Waals surface area contributed by atoms with Gasteiger partial charge < -0.3 is 10.2 Å². The molecule has 0 fully saturated rings. The molecule has 0 saturated carbocycles. The molecule has 0 saturated heterocycles. The van der Waals surface area contributed by atoms with Gasteiger partial charge in [0.15, 0.2) is 5.78 Å². The van der Waals surface area contributed by atoms with E-state index in [1.165, 1.54) is 0 Å². The lowest BCUT2D eigenvalue weighted by Crippen LogP contribution is -2.33. The summed E-state index contributed by atoms with van der Waals surface area (Å²) in [5.74, 6) is -0.110. The number of phenolic OH excluding ortho intramolecular Hbond substituents is 1. The van der Waals surface area contributed by atoms with Crippen LogP contribution in [0.3, 0.4) is 0 Å². The standard InChI is InChI=1S/C19H29O3/c1-9-15(20)19(8,22)12-10-13(17(2,3)4)16(21)14(11-12)18(5,6)7/h10-11,21-22H,8-9H2,1-7H3. The van der Waals surface area contributed by atoms with Crippen LogP contribution in [-0.4, -0.2) is 16.0 Å². The molecule has 1 aromatic carbocycles. The average molecular weight is 305 g/mol. The molecule has 0 heterocycles. The number of hydrogen-bond acceptors (Lipinski definition) is 3. The van der Waals surface area contributed by atoms with Gasteiger partial charge in [-0.1, -0.05) is 48.5 Å². The maximum Gasteiger partial charge on any atom is 0.168 e. The third-order valence-electron chi connectivity index (χ3n) is 3.99. The number of aromatic hydroxyl groups is 1. The third kappa shape index (κ3) is 3.52. The van der Waals surface area contributed by atoms with Crippen LogP contribution in [0.25, 0.3) is 0 Å². The van der Waals surface area contributed by atoms with Gasteiger partial charge in [-0.3, -0.25) is 4.79 Å². The molecule has 3 nitrogen and oxygen atoms in total. The highest BCUT2D eigenvalue weighted by molar-refractivity contribution is 5.89. The molecule has 0 spiro atoms. The van der Waals surface area contributed by atoms with E-state index in [1.807, 2.05) is 41.5 Å². The van der Waals surface area contributed by atoms with Gasteiger partial charge in [0.25, 0.3) is 0 Å². The Labute approximate surface area is 134 Å². The molecule has 1 aromatic rings. The largest absolute Gasteiger partial charge is 0.507 e. The minimum absolute atomic E-state index is 0.205. The first kappa shape index (κ1) is 18.7. The van der Waals surface area contributed by atoms with Gasteiger partial charge in [0.2, 0.25) is 0 Å². The van der Waals surface area contributed by atoms with Crippen molar-refractivity contribution in [3.63, 3.8) is 0 Å². The number of Topliss-reactive ketones (excluding diaryl/α,β-unsaturated/α-hetero) is 1. The van der Waals surface area contributed by atoms with Crippen LogP contribution in [0.15, 0.2) is 12.1 Å². The van der Waals surface area contributed by atoms with Crippen molar-refractivity contribution in [2.75, 3.05) is 0 Å². The smallest absolute Gasteiger partial charge is 0.168 e. The number of ketones is 1. The van der Waals surface area contributed by atoms with Crippen LogP contribution >= 0.6 is 0 Å². The van der Waals surface area contributed by atoms with Gasteiger partial charge in [0.1, 0.15) is 11.4 Å². The van der Waals surface area contributed by atoms with Crippen molar-refractivity contribution in [3.8, 4) is 5.75 Å². The van der Waals surface area contributed by atoms with E-state index in [4.69, 9.17) is 0 Å². The van der Waals surface area contributed by atoms with E-state index < -0.39 is 5.60 Å². The minimum Gasteiger partial charge on any atom is -0.507 e. The Morgan fingerprint density at radius 3 is 1.68 bits per heavy atom. The molecular weight excluding hydrogens is 276 g/mol. The van der Waals surface area contributed by atoms with Crippen LogP contribution in [0, 0.1) is 6.92 Å². The molecule has 1 atom stereocenters. The van der Waals surface area contributed by atoms with Crippen LogP contribution in [0.2, 0.25) is 0 Å². The second-order valence-corrected chi connectivity index (χ2v) is 8.06. The van der Waals surface area contributed by atoms with Crippen LogP contribution in [0.4, 0.5) is 0 Å². The predicted molar refractivity (Wildman–Crippen MR) is 90.1 cm³/mol. The summed E-state index contributed by atoms with van der Waals surface area (Å²) in [6, 6.07) is 3.40. The summed E-state index contributed by atoms with van der Waals surface area (Å²) in [6.45, 7) is 17.3. The van der Waals surface area contributed by atoms with Crippen molar-refractivity contribution in [1.29, 1.82) is 0 Å². The summed E-state index contributed by atoms with van der Waals surface area (Å²) in [4.78, 5) is 12.1. The van der Waals surface area contributed by atoms with Gasteiger partial charge in [-0.2, -0.15) is 0 Å². The van der Waals surface area contributed by atoms with Crippen LogP contribution < -0.4 is 0 Å². The zero-order valence-corrected chi connectivity index (χ0v) is 14.9. The maximum absolute atomic E-state index is 12.1. The molecule has 0 amide bonds. The van der Waals surface area contributed by atoms with Gasteiger partial charge in [-0.25, -0.2) is 0 Å². The zero-order chi connectivity index (χ0) is 17.5. The molecular formula is C19H29O3. The topological polar surface area (TPSA) is 57.5 Å². The monoisotopic (exact) mass is 305 g/mol. The van der Waals surface area contributed by atoms with Gasteiger partial charge in [0, 0.05) is 6.42 Å². The molecule has 1 unspecified atom stereocenters. The Morgan fingerprint density at radius 2 is 1.41 bits per heavy atom. The average Bonchev–Trinajstić information content (AvgIpc) is 2.34. The van der Waals surface area contributed by atoms with Crippen LogP contribution in [-0.2, 0) is 21.2 Å². The lowest BCUT2D eigenvalue weighted by atomic mass is 9.76. The first-order valence-corrected chi connectivity index (χ1v) is 7.72. The Kier molecular flexibility index (Phi) is 4.84. The molecule has 1 radical (unpaired) electrons. The molecule has 0 aliphatic rings. The molecule has 22 heavy (non-hydrogen) atoms. The van der Waals surface area contributed by atoms with Crippen LogP contribution in [0.1, 0.15) is 71.6 Å². The van der Waals surface area contributed by atoms with E-state index in [9.17, 15) is 15.0 Å². The number of hydrogen-bond donors (Lipinski definition) is 2. The zero-order valence-electron chi connectivity index (χ0n) is 14.9. The number of phenols is 1. The van der Waals surface area contributed by atoms with Crippen molar-refractivity contribution in [3.05, 3.63) is 35.7 Å². The number of rotatable bonds is 3. The number of carbonyl (C=O) groups excluding carboxylic acids is 1. The van der Waals surface area contributed by atoms with Crippen molar-refractivity contribution in [1.82, 2.24) is 0 Å². The summed E-state index contributed by atoms with van der Waals surface area (Å²) in [5, 5.41) is 21.2. The van der Waals surface area contributed by atoms with Gasteiger partial charge in [0.05, 0.1) is 0 Å². The second kappa shape index (κ2) is 5.69. The molecule has 0 bridgehead atoms. The lowest BCUT2D eigenvalue weighted by Gasteiger charge is -2.31. The maximum atomic E-state index is 12.1. The lowest BCUT2D eigenvalue weighted by molar-refractivity contribution is -0.133. The first-order valence-electron chi connectivity index (χ1n) is 7.72. The number of carbonyl (C=O) groups is 1. The first-order chi connectivity index (χ1) is 9.72. The summed E-state index contributed by atoms with van der Waals surface area (Å²) in [6.07, 6.45) is 0.205. The van der Waals surface area contributed by atoms with Crippen LogP contribution in [0.5, 0.6) is 5.75 Å². The summed E-state index contributed by atoms with van der Waals surface area (Å²) < 4.78 is 0. The molecule has 123 valence electrons. The van der Waals surface area contributed by atoms with E-state index in [2.05, 4.69) is 6.92 Å². The van der Waals surface area contributed by atoms with E-state index >= 15 is 0 Å². The molecule has 0 aliphatic carbocycles. The van der Waals surface area contributed by atoms with Crippen molar-refractivity contribution in [2.24, 2.45) is 0 Å². The summed E-state index contributed by atoms with van der Waals surface area (Å²) in [5.41, 5.74) is -0.562. The SMILES string of the molecule is [CH2]C(O)(C(=O)CC)c1cc(C(C)(C)C)c(O)c(C(C)(C)C)c1. The fourth-order valence-electron chi connectivity index (χ4n) is 2.47. The second-order valence-electron chi connectivity index (χ2n) is 8.06. The van der Waals surface area contributed by atoms with Gasteiger partial charge >= 0.3 is 0 Å². The van der Waals surface area contributed by atoms with Gasteiger partial charge in [-0.05, 0) is 46.6 Å². The highest BCUT2D eigenvalue weighted by atomic mass is 16.3. The highest BCUT2D eigenvalue weighted by Gasteiger charge is 2.35. The molecule has 0 aromatic heterocycles. The fourth-order valence-corrected chi connectivity index (χ4v) is 2.47. The predicted octanol–water partition coefficient (Wildman–Crippen LogP) is 3.99. The Bertz CT molecular complexity index is 534. The van der Waals surface area contributed by atoms with Crippen molar-refractivity contribution in [2.45, 2.75) is 71.3 Å². The summed E-state index contributed by atoms with van der Waals surface area (Å²) in [7, 11) is 0. The normalized spacial score (nSPS) is 15.5. The molecule has 0 aliphatic heterocycles. The highest BCUT2D eigenvalue weighted by Crippen LogP contribution is 2.41. The quantitative estimate of drug-likeness (QED) is 0.888. The Morgan fingerprint density at radius 1 is 1.05 bits per heavy atom. The molecule has 2 N–H and O–H groups in total. The number of aliphatic hydroxyl groups is 1. The van der Waals surface area contributed by atoms with Crippen molar-refractivity contribution < 1.29 is 15.0 Å². The van der Waals surface area contributed by atoms with Gasteiger partial charge in [-0.15, -0.1) is 0 Å². The molecule has 3 heteroatoms. The fraction of sp³-hybridized carbons (Fsp3) is 0.579. The van der Waals surface area contributed by atoms with Crippen molar-refractivity contribution >= 4 is 5.78 Å². The minimum atomic E-state index is -1.79. The Hall–Kier alpha value is -1.35.